The lowest BCUT2D eigenvalue weighted by Gasteiger charge is -2.18. The van der Waals surface area contributed by atoms with E-state index in [0.717, 1.165) is 64.2 Å². The topological polar surface area (TPSA) is 78.9 Å². The second kappa shape index (κ2) is 46.2. The first kappa shape index (κ1) is 54.6. The fourth-order valence-electron chi connectivity index (χ4n) is 5.47. The molecule has 0 N–H and O–H groups in total. The summed E-state index contributed by atoms with van der Waals surface area (Å²) < 4.78 is 16.6. The summed E-state index contributed by atoms with van der Waals surface area (Å²) in [6, 6.07) is 0. The zero-order valence-electron chi connectivity index (χ0n) is 37.2. The number of carbonyl (C=O) groups is 3. The van der Waals surface area contributed by atoms with Gasteiger partial charge in [-0.25, -0.2) is 0 Å². The molecule has 1 atom stereocenters. The van der Waals surface area contributed by atoms with Crippen LogP contribution in [-0.2, 0) is 28.6 Å². The first-order valence-electron chi connectivity index (χ1n) is 22.8. The number of rotatable bonds is 38. The summed E-state index contributed by atoms with van der Waals surface area (Å²) in [5.41, 5.74) is 0. The SMILES string of the molecule is CC\C=C/C=C\C=C/C=C\C=C/CCCC(=O)OC(COC(=O)CC/C=C\C/C=C\CCCCCCCC)COC(=O)CCCCCCC\C=C/C=C\C=C/C=C\CC. The van der Waals surface area contributed by atoms with Crippen molar-refractivity contribution in [3.05, 3.63) is 134 Å². The van der Waals surface area contributed by atoms with Gasteiger partial charge < -0.3 is 14.2 Å². The summed E-state index contributed by atoms with van der Waals surface area (Å²) in [6.07, 6.45) is 64.5. The molecule has 0 aliphatic rings. The van der Waals surface area contributed by atoms with Gasteiger partial charge in [0.05, 0.1) is 0 Å². The van der Waals surface area contributed by atoms with Gasteiger partial charge in [0.25, 0.3) is 0 Å². The molecule has 0 radical (unpaired) electrons. The lowest BCUT2D eigenvalue weighted by molar-refractivity contribution is -0.166. The highest BCUT2D eigenvalue weighted by molar-refractivity contribution is 5.71. The molecule has 1 unspecified atom stereocenters. The van der Waals surface area contributed by atoms with Gasteiger partial charge in [-0.15, -0.1) is 0 Å². The number of carbonyl (C=O) groups excluding carboxylic acids is 3. The van der Waals surface area contributed by atoms with E-state index >= 15 is 0 Å². The Labute approximate surface area is 360 Å². The van der Waals surface area contributed by atoms with E-state index in [9.17, 15) is 14.4 Å². The monoisotopic (exact) mass is 813 g/mol. The molecule has 0 aromatic rings. The van der Waals surface area contributed by atoms with Crippen LogP contribution in [0.5, 0.6) is 0 Å². The molecule has 0 heterocycles. The van der Waals surface area contributed by atoms with Crippen molar-refractivity contribution in [3.8, 4) is 0 Å². The Kier molecular flexibility index (Phi) is 42.8. The van der Waals surface area contributed by atoms with Crippen molar-refractivity contribution < 1.29 is 28.6 Å². The maximum atomic E-state index is 12.7. The molecule has 0 aliphatic carbocycles. The number of esters is 3. The lowest BCUT2D eigenvalue weighted by atomic mass is 10.1. The third kappa shape index (κ3) is 44.5. The highest BCUT2D eigenvalue weighted by Crippen LogP contribution is 2.11. The average Bonchev–Trinajstić information content (AvgIpc) is 3.23. The standard InChI is InChI=1S/C53H80O6/c1-4-7-10-13-16-19-22-25-26-29-31-34-37-40-43-46-52(55)58-49-50(59-53(56)47-44-41-38-35-32-28-24-21-18-15-12-9-6-3)48-57-51(54)45-42-39-36-33-30-27-23-20-17-14-11-8-5-2/h7,9-10,12-13,15-16,18-19,21-22,24-28,30,32,35-36,38-39,50H,4-6,8,11,14,17,20,23,29,31,33-34,37,40-49H2,1-3H3/b10-7-,12-9-,16-13-,18-15-,22-19-,24-21-,26-25-,30-27-,32-28-,38-35-,39-36-. The highest BCUT2D eigenvalue weighted by atomic mass is 16.6. The first-order valence-corrected chi connectivity index (χ1v) is 22.8. The molecule has 0 aliphatic heterocycles. The van der Waals surface area contributed by atoms with Crippen LogP contribution in [0.2, 0.25) is 0 Å². The Morgan fingerprint density at radius 1 is 0.373 bits per heavy atom. The largest absolute Gasteiger partial charge is 0.462 e. The predicted octanol–water partition coefficient (Wildman–Crippen LogP) is 14.7. The summed E-state index contributed by atoms with van der Waals surface area (Å²) in [5, 5.41) is 0. The van der Waals surface area contributed by atoms with Crippen molar-refractivity contribution in [2.75, 3.05) is 13.2 Å². The Balaban J connectivity index is 4.64. The van der Waals surface area contributed by atoms with Gasteiger partial charge in [-0.1, -0.05) is 206 Å². The molecule has 6 heteroatoms. The molecule has 0 amide bonds. The van der Waals surface area contributed by atoms with Crippen molar-refractivity contribution >= 4 is 17.9 Å². The zero-order valence-corrected chi connectivity index (χ0v) is 37.2. The predicted molar refractivity (Wildman–Crippen MR) is 251 cm³/mol. The van der Waals surface area contributed by atoms with E-state index in [-0.39, 0.29) is 38.0 Å². The first-order chi connectivity index (χ1) is 29.0. The molecule has 328 valence electrons. The van der Waals surface area contributed by atoms with Crippen LogP contribution >= 0.6 is 0 Å². The molecule has 0 spiro atoms. The van der Waals surface area contributed by atoms with Gasteiger partial charge >= 0.3 is 17.9 Å². The van der Waals surface area contributed by atoms with Gasteiger partial charge in [0.15, 0.2) is 6.10 Å². The highest BCUT2D eigenvalue weighted by Gasteiger charge is 2.19. The molecule has 0 fully saturated rings. The molecule has 0 aromatic heterocycles. The fraction of sp³-hybridized carbons (Fsp3) is 0.528. The Morgan fingerprint density at radius 2 is 0.780 bits per heavy atom. The van der Waals surface area contributed by atoms with E-state index in [2.05, 4.69) is 69.4 Å². The number of hydrogen-bond acceptors (Lipinski definition) is 6. The molecule has 6 nitrogen and oxygen atoms in total. The third-order valence-corrected chi connectivity index (χ3v) is 8.86. The van der Waals surface area contributed by atoms with E-state index in [0.29, 0.717) is 25.7 Å². The minimum atomic E-state index is -0.851. The van der Waals surface area contributed by atoms with Crippen LogP contribution in [0.4, 0.5) is 0 Å². The molecule has 0 saturated carbocycles. The smallest absolute Gasteiger partial charge is 0.306 e. The Bertz CT molecular complexity index is 1350. The molecule has 0 bridgehead atoms. The molecular formula is C53H80O6. The van der Waals surface area contributed by atoms with Gasteiger partial charge in [0.2, 0.25) is 0 Å². The van der Waals surface area contributed by atoms with Crippen LogP contribution in [0.3, 0.4) is 0 Å². The lowest BCUT2D eigenvalue weighted by Crippen LogP contribution is -2.30. The van der Waals surface area contributed by atoms with Crippen LogP contribution in [-0.4, -0.2) is 37.2 Å². The van der Waals surface area contributed by atoms with Gasteiger partial charge in [-0.05, 0) is 70.6 Å². The molecule has 0 rings (SSSR count). The van der Waals surface area contributed by atoms with Crippen LogP contribution in [0.1, 0.15) is 162 Å². The quantitative estimate of drug-likeness (QED) is 0.0203. The van der Waals surface area contributed by atoms with Crippen molar-refractivity contribution in [1.29, 1.82) is 0 Å². The van der Waals surface area contributed by atoms with Crippen LogP contribution in [0, 0.1) is 0 Å². The van der Waals surface area contributed by atoms with Crippen molar-refractivity contribution in [3.63, 3.8) is 0 Å². The normalized spacial score (nSPS) is 13.3. The minimum absolute atomic E-state index is 0.142. The van der Waals surface area contributed by atoms with Crippen LogP contribution < -0.4 is 0 Å². The van der Waals surface area contributed by atoms with Gasteiger partial charge in [0, 0.05) is 19.3 Å². The van der Waals surface area contributed by atoms with E-state index in [1.807, 2.05) is 85.1 Å². The van der Waals surface area contributed by atoms with Gasteiger partial charge in [-0.2, -0.15) is 0 Å². The summed E-state index contributed by atoms with van der Waals surface area (Å²) in [5.74, 6) is -1.12. The van der Waals surface area contributed by atoms with E-state index in [1.165, 1.54) is 38.5 Å². The number of hydrogen-bond donors (Lipinski definition) is 0. The maximum absolute atomic E-state index is 12.7. The summed E-state index contributed by atoms with van der Waals surface area (Å²) >= 11 is 0. The summed E-state index contributed by atoms with van der Waals surface area (Å²) in [4.78, 5) is 37.7. The van der Waals surface area contributed by atoms with Crippen molar-refractivity contribution in [2.24, 2.45) is 0 Å². The van der Waals surface area contributed by atoms with E-state index < -0.39 is 12.1 Å². The Hall–Kier alpha value is -4.45. The fourth-order valence-corrected chi connectivity index (χ4v) is 5.47. The number of allylic oxidation sites excluding steroid dienone is 22. The third-order valence-electron chi connectivity index (χ3n) is 8.86. The average molecular weight is 813 g/mol. The zero-order chi connectivity index (χ0) is 43.0. The van der Waals surface area contributed by atoms with Crippen LogP contribution in [0.15, 0.2) is 134 Å². The minimum Gasteiger partial charge on any atom is -0.462 e. The Morgan fingerprint density at radius 3 is 1.32 bits per heavy atom. The summed E-state index contributed by atoms with van der Waals surface area (Å²) in [7, 11) is 0. The number of unbranched alkanes of at least 4 members (excludes halogenated alkanes) is 12. The van der Waals surface area contributed by atoms with Gasteiger partial charge in [-0.3, -0.25) is 14.4 Å². The van der Waals surface area contributed by atoms with E-state index in [1.54, 1.807) is 0 Å². The van der Waals surface area contributed by atoms with Gasteiger partial charge in [0.1, 0.15) is 13.2 Å². The summed E-state index contributed by atoms with van der Waals surface area (Å²) in [6.45, 7) is 6.17. The van der Waals surface area contributed by atoms with E-state index in [4.69, 9.17) is 14.2 Å². The second-order valence-electron chi connectivity index (χ2n) is 14.4. The number of ether oxygens (including phenoxy) is 3. The molecule has 0 saturated heterocycles. The van der Waals surface area contributed by atoms with Crippen LogP contribution in [0.25, 0.3) is 0 Å². The molecular weight excluding hydrogens is 733 g/mol. The van der Waals surface area contributed by atoms with Crippen molar-refractivity contribution in [2.45, 2.75) is 168 Å². The van der Waals surface area contributed by atoms with Crippen molar-refractivity contribution in [1.82, 2.24) is 0 Å². The second-order valence-corrected chi connectivity index (χ2v) is 14.4. The molecule has 59 heavy (non-hydrogen) atoms. The molecule has 0 aromatic carbocycles. The maximum Gasteiger partial charge on any atom is 0.306 e.